The number of benzene rings is 3. The molecule has 1 nitrogen and oxygen atoms in total. The highest BCUT2D eigenvalue weighted by Crippen LogP contribution is 2.35. The van der Waals surface area contributed by atoms with Gasteiger partial charge < -0.3 is 4.90 Å². The lowest BCUT2D eigenvalue weighted by atomic mass is 9.94. The zero-order chi connectivity index (χ0) is 17.8. The first kappa shape index (κ1) is 16.4. The summed E-state index contributed by atoms with van der Waals surface area (Å²) in [6.45, 7) is 2.20. The first-order valence-electron chi connectivity index (χ1n) is 9.18. The highest BCUT2D eigenvalue weighted by Gasteiger charge is 2.12. The Balaban J connectivity index is 1.71. The third-order valence-corrected chi connectivity index (χ3v) is 4.88. The van der Waals surface area contributed by atoms with Gasteiger partial charge in [-0.2, -0.15) is 0 Å². The maximum Gasteiger partial charge on any atom is 0.0462 e. The predicted molar refractivity (Wildman–Crippen MR) is 112 cm³/mol. The molecule has 0 radical (unpaired) electrons. The van der Waals surface area contributed by atoms with E-state index in [0.717, 1.165) is 12.8 Å². The Hall–Kier alpha value is -3.06. The molecule has 1 aliphatic carbocycles. The monoisotopic (exact) mass is 337 g/mol. The topological polar surface area (TPSA) is 3.24 Å². The van der Waals surface area contributed by atoms with E-state index in [0.29, 0.717) is 0 Å². The Bertz CT molecular complexity index is 879. The van der Waals surface area contributed by atoms with E-state index >= 15 is 0 Å². The molecule has 4 rings (SSSR count). The largest absolute Gasteiger partial charge is 0.311 e. The fourth-order valence-electron chi connectivity index (χ4n) is 3.41. The SMILES string of the molecule is CC1=CC=C(c2ccc(N(c3ccccc3)c3ccccc3)cc2)CC1. The van der Waals surface area contributed by atoms with Crippen LogP contribution in [0.4, 0.5) is 17.1 Å². The van der Waals surface area contributed by atoms with Gasteiger partial charge in [0, 0.05) is 17.1 Å². The van der Waals surface area contributed by atoms with Crippen molar-refractivity contribution >= 4 is 22.6 Å². The lowest BCUT2D eigenvalue weighted by Gasteiger charge is -2.25. The van der Waals surface area contributed by atoms with E-state index in [1.807, 2.05) is 0 Å². The van der Waals surface area contributed by atoms with E-state index in [2.05, 4.69) is 109 Å². The molecule has 0 heterocycles. The van der Waals surface area contributed by atoms with Crippen LogP contribution in [0.5, 0.6) is 0 Å². The molecule has 0 aromatic heterocycles. The van der Waals surface area contributed by atoms with Crippen molar-refractivity contribution in [2.75, 3.05) is 4.90 Å². The van der Waals surface area contributed by atoms with Crippen molar-refractivity contribution in [1.82, 2.24) is 0 Å². The van der Waals surface area contributed by atoms with E-state index < -0.39 is 0 Å². The number of hydrogen-bond donors (Lipinski definition) is 0. The van der Waals surface area contributed by atoms with Crippen LogP contribution in [0.1, 0.15) is 25.3 Å². The summed E-state index contributed by atoms with van der Waals surface area (Å²) in [6, 6.07) is 30.0. The second-order valence-electron chi connectivity index (χ2n) is 6.76. The number of para-hydroxylation sites is 2. The summed E-state index contributed by atoms with van der Waals surface area (Å²) in [6.07, 6.45) is 6.80. The van der Waals surface area contributed by atoms with Crippen LogP contribution in [0.3, 0.4) is 0 Å². The van der Waals surface area contributed by atoms with Gasteiger partial charge in [-0.15, -0.1) is 0 Å². The molecule has 0 N–H and O–H groups in total. The average molecular weight is 337 g/mol. The standard InChI is InChI=1S/C25H23N/c1-20-12-14-21(15-13-20)22-16-18-25(19-17-22)26(23-8-4-2-5-9-23)24-10-6-3-7-11-24/h2-12,14,16-19H,13,15H2,1H3. The van der Waals surface area contributed by atoms with Crippen LogP contribution in [0.2, 0.25) is 0 Å². The summed E-state index contributed by atoms with van der Waals surface area (Å²) >= 11 is 0. The molecule has 0 fully saturated rings. The van der Waals surface area contributed by atoms with Crippen molar-refractivity contribution in [1.29, 1.82) is 0 Å². The van der Waals surface area contributed by atoms with Crippen LogP contribution in [0.15, 0.2) is 103 Å². The third-order valence-electron chi connectivity index (χ3n) is 4.88. The molecule has 0 spiro atoms. The van der Waals surface area contributed by atoms with Crippen LogP contribution >= 0.6 is 0 Å². The van der Waals surface area contributed by atoms with Crippen molar-refractivity contribution in [2.45, 2.75) is 19.8 Å². The summed E-state index contributed by atoms with van der Waals surface area (Å²) in [5.41, 5.74) is 7.72. The van der Waals surface area contributed by atoms with Crippen LogP contribution in [0, 0.1) is 0 Å². The summed E-state index contributed by atoms with van der Waals surface area (Å²) in [5, 5.41) is 0. The zero-order valence-electron chi connectivity index (χ0n) is 15.1. The Kier molecular flexibility index (Phi) is 4.70. The maximum absolute atomic E-state index is 2.29. The molecule has 0 saturated heterocycles. The second kappa shape index (κ2) is 7.45. The van der Waals surface area contributed by atoms with E-state index in [9.17, 15) is 0 Å². The Labute approximate surface area is 155 Å². The summed E-state index contributed by atoms with van der Waals surface area (Å²) < 4.78 is 0. The fourth-order valence-corrected chi connectivity index (χ4v) is 3.41. The highest BCUT2D eigenvalue weighted by atomic mass is 15.1. The minimum absolute atomic E-state index is 1.13. The van der Waals surface area contributed by atoms with Gasteiger partial charge in [-0.05, 0) is 67.3 Å². The summed E-state index contributed by atoms with van der Waals surface area (Å²) in [7, 11) is 0. The molecular formula is C25H23N. The molecule has 3 aromatic rings. The molecule has 0 unspecified atom stereocenters. The first-order chi connectivity index (χ1) is 12.8. The van der Waals surface area contributed by atoms with Crippen molar-refractivity contribution in [2.24, 2.45) is 0 Å². The van der Waals surface area contributed by atoms with E-state index in [1.54, 1.807) is 0 Å². The molecule has 1 aliphatic rings. The van der Waals surface area contributed by atoms with Gasteiger partial charge >= 0.3 is 0 Å². The lowest BCUT2D eigenvalue weighted by molar-refractivity contribution is 0.977. The van der Waals surface area contributed by atoms with Gasteiger partial charge in [0.2, 0.25) is 0 Å². The van der Waals surface area contributed by atoms with E-state index in [-0.39, 0.29) is 0 Å². The van der Waals surface area contributed by atoms with Gasteiger partial charge in [0.05, 0.1) is 0 Å². The van der Waals surface area contributed by atoms with Crippen molar-refractivity contribution in [3.05, 3.63) is 108 Å². The number of anilines is 3. The Morgan fingerprint density at radius 3 is 1.62 bits per heavy atom. The van der Waals surface area contributed by atoms with Gasteiger partial charge in [-0.3, -0.25) is 0 Å². The normalized spacial score (nSPS) is 13.7. The second-order valence-corrected chi connectivity index (χ2v) is 6.76. The highest BCUT2D eigenvalue weighted by molar-refractivity contribution is 5.78. The number of allylic oxidation sites excluding steroid dienone is 4. The van der Waals surface area contributed by atoms with Gasteiger partial charge in [-0.25, -0.2) is 0 Å². The van der Waals surface area contributed by atoms with Crippen molar-refractivity contribution < 1.29 is 0 Å². The smallest absolute Gasteiger partial charge is 0.0462 e. The Morgan fingerprint density at radius 1 is 0.577 bits per heavy atom. The maximum atomic E-state index is 2.29. The molecule has 1 heteroatoms. The fraction of sp³-hybridized carbons (Fsp3) is 0.120. The molecule has 0 atom stereocenters. The van der Waals surface area contributed by atoms with Crippen molar-refractivity contribution in [3.63, 3.8) is 0 Å². The van der Waals surface area contributed by atoms with Gasteiger partial charge in [0.1, 0.15) is 0 Å². The molecule has 0 bridgehead atoms. The zero-order valence-corrected chi connectivity index (χ0v) is 15.1. The Morgan fingerprint density at radius 2 is 1.12 bits per heavy atom. The predicted octanol–water partition coefficient (Wildman–Crippen LogP) is 7.28. The van der Waals surface area contributed by atoms with Crippen molar-refractivity contribution in [3.8, 4) is 0 Å². The van der Waals surface area contributed by atoms with Gasteiger partial charge in [0.15, 0.2) is 0 Å². The molecule has 128 valence electrons. The molecule has 0 amide bonds. The minimum Gasteiger partial charge on any atom is -0.311 e. The van der Waals surface area contributed by atoms with E-state index in [1.165, 1.54) is 33.8 Å². The molecule has 26 heavy (non-hydrogen) atoms. The summed E-state index contributed by atoms with van der Waals surface area (Å²) in [4.78, 5) is 2.29. The van der Waals surface area contributed by atoms with Crippen LogP contribution in [-0.2, 0) is 0 Å². The first-order valence-corrected chi connectivity index (χ1v) is 9.18. The number of rotatable bonds is 4. The molecule has 3 aromatic carbocycles. The van der Waals surface area contributed by atoms with Crippen LogP contribution in [0.25, 0.3) is 5.57 Å². The summed E-state index contributed by atoms with van der Waals surface area (Å²) in [5.74, 6) is 0. The van der Waals surface area contributed by atoms with Gasteiger partial charge in [0.25, 0.3) is 0 Å². The van der Waals surface area contributed by atoms with Crippen LogP contribution < -0.4 is 4.90 Å². The number of hydrogen-bond acceptors (Lipinski definition) is 1. The van der Waals surface area contributed by atoms with Gasteiger partial charge in [-0.1, -0.05) is 66.3 Å². The minimum atomic E-state index is 1.13. The van der Waals surface area contributed by atoms with E-state index in [4.69, 9.17) is 0 Å². The molecule has 0 aliphatic heterocycles. The lowest BCUT2D eigenvalue weighted by Crippen LogP contribution is -2.09. The quantitative estimate of drug-likeness (QED) is 0.483. The number of nitrogens with zero attached hydrogens (tertiary/aromatic N) is 1. The van der Waals surface area contributed by atoms with Crippen LogP contribution in [-0.4, -0.2) is 0 Å². The average Bonchev–Trinajstić information content (AvgIpc) is 2.71. The molecular weight excluding hydrogens is 314 g/mol. The molecule has 0 saturated carbocycles. The third kappa shape index (κ3) is 3.48.